The van der Waals surface area contributed by atoms with E-state index in [1.54, 1.807) is 11.9 Å². The molecule has 4 rings (SSSR count). The van der Waals surface area contributed by atoms with E-state index >= 15 is 0 Å². The lowest BCUT2D eigenvalue weighted by molar-refractivity contribution is 0.0721. The van der Waals surface area contributed by atoms with E-state index in [9.17, 15) is 19.1 Å². The fourth-order valence-corrected chi connectivity index (χ4v) is 4.57. The first-order valence-corrected chi connectivity index (χ1v) is 8.70. The number of rotatable bonds is 2. The van der Waals surface area contributed by atoms with E-state index in [2.05, 4.69) is 4.98 Å². The van der Waals surface area contributed by atoms with Crippen LogP contribution in [0.2, 0.25) is 0 Å². The van der Waals surface area contributed by atoms with Crippen molar-refractivity contribution in [1.29, 1.82) is 0 Å². The number of fused-ring (bicyclic) bond motifs is 2. The Hall–Kier alpha value is -2.21. The highest BCUT2D eigenvalue weighted by molar-refractivity contribution is 5.97. The van der Waals surface area contributed by atoms with Crippen molar-refractivity contribution in [2.24, 2.45) is 11.8 Å². The zero-order valence-corrected chi connectivity index (χ0v) is 14.0. The molecule has 0 aliphatic heterocycles. The fourth-order valence-electron chi connectivity index (χ4n) is 4.57. The summed E-state index contributed by atoms with van der Waals surface area (Å²) in [4.78, 5) is 30.0. The number of carbonyl (C=O) groups is 1. The van der Waals surface area contributed by atoms with Gasteiger partial charge in [-0.2, -0.15) is 0 Å². The number of H-pyrrole nitrogens is 1. The number of aliphatic hydroxyl groups is 1. The van der Waals surface area contributed by atoms with Crippen molar-refractivity contribution in [2.75, 3.05) is 7.05 Å². The molecule has 2 aliphatic rings. The van der Waals surface area contributed by atoms with Gasteiger partial charge in [0.1, 0.15) is 11.4 Å². The molecule has 132 valence electrons. The van der Waals surface area contributed by atoms with E-state index in [-0.39, 0.29) is 29.0 Å². The summed E-state index contributed by atoms with van der Waals surface area (Å²) in [5, 5.41) is 9.94. The van der Waals surface area contributed by atoms with Gasteiger partial charge in [0.25, 0.3) is 5.91 Å². The standard InChI is InChI=1S/C19H21FN2O3/c1-22(13-4-10-6-14(23)7-11(10)5-13)19(25)16-9-21-17-3-2-12(20)8-15(17)18(16)24/h2-3,8-11,13-14,23H,4-7H2,1H3,(H,21,24)/t10-,11+,13?,14?. The summed E-state index contributed by atoms with van der Waals surface area (Å²) < 4.78 is 13.4. The van der Waals surface area contributed by atoms with Crippen LogP contribution < -0.4 is 5.43 Å². The molecule has 2 fully saturated rings. The molecular weight excluding hydrogens is 323 g/mol. The number of aliphatic hydroxyl groups excluding tert-OH is 1. The van der Waals surface area contributed by atoms with Gasteiger partial charge in [-0.15, -0.1) is 0 Å². The van der Waals surface area contributed by atoms with Crippen molar-refractivity contribution >= 4 is 16.8 Å². The molecule has 1 amide bonds. The van der Waals surface area contributed by atoms with Crippen molar-refractivity contribution in [1.82, 2.24) is 9.88 Å². The monoisotopic (exact) mass is 344 g/mol. The first-order valence-electron chi connectivity index (χ1n) is 8.70. The van der Waals surface area contributed by atoms with Gasteiger partial charge in [0.05, 0.1) is 6.10 Å². The normalized spacial score (nSPS) is 28.3. The molecule has 2 aromatic rings. The smallest absolute Gasteiger partial charge is 0.259 e. The highest BCUT2D eigenvalue weighted by Crippen LogP contribution is 2.45. The van der Waals surface area contributed by atoms with Gasteiger partial charge in [-0.1, -0.05) is 0 Å². The van der Waals surface area contributed by atoms with Crippen LogP contribution in [-0.2, 0) is 0 Å². The van der Waals surface area contributed by atoms with E-state index < -0.39 is 11.2 Å². The van der Waals surface area contributed by atoms with Crippen molar-refractivity contribution < 1.29 is 14.3 Å². The summed E-state index contributed by atoms with van der Waals surface area (Å²) >= 11 is 0. The summed E-state index contributed by atoms with van der Waals surface area (Å²) in [6.45, 7) is 0. The minimum Gasteiger partial charge on any atom is -0.393 e. The fraction of sp³-hybridized carbons (Fsp3) is 0.474. The third-order valence-corrected chi connectivity index (χ3v) is 5.91. The van der Waals surface area contributed by atoms with Gasteiger partial charge in [-0.25, -0.2) is 4.39 Å². The van der Waals surface area contributed by atoms with Gasteiger partial charge in [-0.3, -0.25) is 9.59 Å². The topological polar surface area (TPSA) is 73.4 Å². The number of hydrogen-bond donors (Lipinski definition) is 2. The molecule has 2 unspecified atom stereocenters. The Morgan fingerprint density at radius 3 is 2.60 bits per heavy atom. The van der Waals surface area contributed by atoms with E-state index in [1.165, 1.54) is 18.3 Å². The van der Waals surface area contributed by atoms with Crippen LogP contribution in [0, 0.1) is 17.7 Å². The Balaban J connectivity index is 1.60. The maximum Gasteiger partial charge on any atom is 0.259 e. The lowest BCUT2D eigenvalue weighted by atomic mass is 10.0. The van der Waals surface area contributed by atoms with Crippen LogP contribution in [0.5, 0.6) is 0 Å². The first kappa shape index (κ1) is 16.3. The third-order valence-electron chi connectivity index (χ3n) is 5.91. The van der Waals surface area contributed by atoms with Gasteiger partial charge in [0.2, 0.25) is 5.43 Å². The number of aromatic amines is 1. The summed E-state index contributed by atoms with van der Waals surface area (Å²) in [5.41, 5.74) is 0.103. The van der Waals surface area contributed by atoms with E-state index in [0.717, 1.165) is 31.7 Å². The summed E-state index contributed by atoms with van der Waals surface area (Å²) in [6, 6.07) is 4.01. The molecule has 2 N–H and O–H groups in total. The second-order valence-electron chi connectivity index (χ2n) is 7.41. The Bertz CT molecular complexity index is 880. The Morgan fingerprint density at radius 1 is 1.24 bits per heavy atom. The van der Waals surface area contributed by atoms with Crippen molar-refractivity contribution in [3.63, 3.8) is 0 Å². The Labute approximate surface area is 144 Å². The van der Waals surface area contributed by atoms with Crippen LogP contribution >= 0.6 is 0 Å². The maximum atomic E-state index is 13.4. The zero-order chi connectivity index (χ0) is 17.7. The quantitative estimate of drug-likeness (QED) is 0.878. The van der Waals surface area contributed by atoms with Crippen LogP contribution in [0.15, 0.2) is 29.2 Å². The Kier molecular flexibility index (Phi) is 3.87. The van der Waals surface area contributed by atoms with Gasteiger partial charge < -0.3 is 15.0 Å². The lowest BCUT2D eigenvalue weighted by Crippen LogP contribution is -2.38. The summed E-state index contributed by atoms with van der Waals surface area (Å²) in [6.07, 6.45) is 4.54. The molecule has 0 saturated heterocycles. The van der Waals surface area contributed by atoms with Crippen LogP contribution in [-0.4, -0.2) is 40.1 Å². The third kappa shape index (κ3) is 2.74. The molecule has 6 heteroatoms. The molecule has 0 bridgehead atoms. The summed E-state index contributed by atoms with van der Waals surface area (Å²) in [5.74, 6) is 0.0783. The second-order valence-corrected chi connectivity index (χ2v) is 7.41. The van der Waals surface area contributed by atoms with E-state index in [4.69, 9.17) is 0 Å². The molecule has 0 spiro atoms. The Morgan fingerprint density at radius 2 is 1.92 bits per heavy atom. The van der Waals surface area contributed by atoms with Crippen LogP contribution in [0.1, 0.15) is 36.0 Å². The highest BCUT2D eigenvalue weighted by Gasteiger charge is 2.43. The minimum absolute atomic E-state index is 0.0395. The number of carbonyl (C=O) groups excluding carboxylic acids is 1. The largest absolute Gasteiger partial charge is 0.393 e. The molecule has 5 nitrogen and oxygen atoms in total. The highest BCUT2D eigenvalue weighted by atomic mass is 19.1. The van der Waals surface area contributed by atoms with Gasteiger partial charge >= 0.3 is 0 Å². The molecule has 2 saturated carbocycles. The molecule has 4 atom stereocenters. The lowest BCUT2D eigenvalue weighted by Gasteiger charge is -2.25. The average Bonchev–Trinajstić information content (AvgIpc) is 3.12. The molecule has 1 aromatic carbocycles. The predicted molar refractivity (Wildman–Crippen MR) is 91.9 cm³/mol. The van der Waals surface area contributed by atoms with Crippen LogP contribution in [0.4, 0.5) is 4.39 Å². The van der Waals surface area contributed by atoms with Gasteiger partial charge in [-0.05, 0) is 55.7 Å². The molecule has 25 heavy (non-hydrogen) atoms. The zero-order valence-electron chi connectivity index (χ0n) is 14.0. The average molecular weight is 344 g/mol. The molecule has 2 aliphatic carbocycles. The molecule has 0 radical (unpaired) electrons. The SMILES string of the molecule is CN(C(=O)c1c[nH]c2ccc(F)cc2c1=O)C1C[C@H]2CC(O)C[C@H]2C1. The van der Waals surface area contributed by atoms with Gasteiger partial charge in [0, 0.05) is 30.2 Å². The van der Waals surface area contributed by atoms with Crippen LogP contribution in [0.3, 0.4) is 0 Å². The summed E-state index contributed by atoms with van der Waals surface area (Å²) in [7, 11) is 1.72. The number of aromatic nitrogens is 1. The predicted octanol–water partition coefficient (Wildman–Crippen LogP) is 2.29. The first-order chi connectivity index (χ1) is 11.9. The van der Waals surface area contributed by atoms with Crippen LogP contribution in [0.25, 0.3) is 10.9 Å². The van der Waals surface area contributed by atoms with Crippen molar-refractivity contribution in [3.05, 3.63) is 46.0 Å². The maximum absolute atomic E-state index is 13.4. The number of nitrogens with one attached hydrogen (secondary N) is 1. The number of hydrogen-bond acceptors (Lipinski definition) is 3. The number of benzene rings is 1. The van der Waals surface area contributed by atoms with E-state index in [0.29, 0.717) is 17.4 Å². The minimum atomic E-state index is -0.502. The van der Waals surface area contributed by atoms with Crippen molar-refractivity contribution in [3.8, 4) is 0 Å². The number of amides is 1. The molecule has 1 aromatic heterocycles. The second kappa shape index (κ2) is 5.95. The number of nitrogens with zero attached hydrogens (tertiary/aromatic N) is 1. The van der Waals surface area contributed by atoms with E-state index in [1.807, 2.05) is 0 Å². The molecule has 1 heterocycles. The van der Waals surface area contributed by atoms with Crippen molar-refractivity contribution in [2.45, 2.75) is 37.8 Å². The number of halogens is 1. The van der Waals surface area contributed by atoms with Gasteiger partial charge in [0.15, 0.2) is 0 Å². The molecular formula is C19H21FN2O3. The number of pyridine rings is 1.